The van der Waals surface area contributed by atoms with Crippen molar-refractivity contribution in [3.63, 3.8) is 0 Å². The summed E-state index contributed by atoms with van der Waals surface area (Å²) in [6, 6.07) is 8.20. The molecule has 0 saturated carbocycles. The van der Waals surface area contributed by atoms with Gasteiger partial charge in [0.2, 0.25) is 0 Å². The van der Waals surface area contributed by atoms with E-state index in [1.807, 2.05) is 24.5 Å². The third kappa shape index (κ3) is 4.26. The fourth-order valence-electron chi connectivity index (χ4n) is 2.22. The van der Waals surface area contributed by atoms with Gasteiger partial charge in [0.1, 0.15) is 5.75 Å². The first kappa shape index (κ1) is 13.9. The van der Waals surface area contributed by atoms with Crippen LogP contribution in [0, 0.1) is 6.92 Å². The molecule has 1 heterocycles. The Kier molecular flexibility index (Phi) is 5.24. The molecule has 4 nitrogen and oxygen atoms in total. The van der Waals surface area contributed by atoms with Gasteiger partial charge >= 0.3 is 0 Å². The van der Waals surface area contributed by atoms with Gasteiger partial charge in [-0.1, -0.05) is 12.1 Å². The summed E-state index contributed by atoms with van der Waals surface area (Å²) in [5, 5.41) is 0. The van der Waals surface area contributed by atoms with Crippen LogP contribution in [0.25, 0.3) is 0 Å². The predicted octanol–water partition coefficient (Wildman–Crippen LogP) is 2.29. The van der Waals surface area contributed by atoms with E-state index in [-0.39, 0.29) is 6.04 Å². The fourth-order valence-corrected chi connectivity index (χ4v) is 2.22. The third-order valence-electron chi connectivity index (χ3n) is 3.28. The fraction of sp³-hybridized carbons (Fsp3) is 0.467. The number of hydrogen-bond acceptors (Lipinski definition) is 4. The lowest BCUT2D eigenvalue weighted by molar-refractivity contribution is 0.215. The summed E-state index contributed by atoms with van der Waals surface area (Å²) in [4.78, 5) is 0. The first-order valence-corrected chi connectivity index (χ1v) is 6.76. The highest BCUT2D eigenvalue weighted by Crippen LogP contribution is 2.18. The lowest BCUT2D eigenvalue weighted by atomic mass is 10.0. The molecule has 104 valence electrons. The molecule has 1 aliphatic rings. The smallest absolute Gasteiger partial charge is 0.119 e. The minimum absolute atomic E-state index is 0.130. The van der Waals surface area contributed by atoms with Crippen LogP contribution in [0.15, 0.2) is 36.1 Å². The number of hydrogen-bond donors (Lipinski definition) is 2. The van der Waals surface area contributed by atoms with E-state index in [1.54, 1.807) is 0 Å². The quantitative estimate of drug-likeness (QED) is 0.610. The van der Waals surface area contributed by atoms with Crippen LogP contribution in [0.3, 0.4) is 0 Å². The first-order valence-electron chi connectivity index (χ1n) is 6.76. The second-order valence-corrected chi connectivity index (χ2v) is 4.84. The highest BCUT2D eigenvalue weighted by molar-refractivity contribution is 5.27. The second kappa shape index (κ2) is 7.16. The van der Waals surface area contributed by atoms with Crippen LogP contribution in [0.1, 0.15) is 24.8 Å². The van der Waals surface area contributed by atoms with Gasteiger partial charge in [0.15, 0.2) is 0 Å². The van der Waals surface area contributed by atoms with Gasteiger partial charge in [-0.25, -0.2) is 0 Å². The Hall–Kier alpha value is -1.52. The highest BCUT2D eigenvalue weighted by atomic mass is 16.5. The molecular weight excluding hydrogens is 240 g/mol. The molecule has 0 saturated heterocycles. The molecule has 1 aromatic rings. The maximum absolute atomic E-state index is 5.75. The van der Waals surface area contributed by atoms with Crippen molar-refractivity contribution in [2.75, 3.05) is 13.2 Å². The minimum atomic E-state index is 0.130. The SMILES string of the molecule is Cc1cccc(OCCC(NN)C2=COCCC2)c1. The van der Waals surface area contributed by atoms with Gasteiger partial charge in [0, 0.05) is 12.5 Å². The molecule has 0 amide bonds. The van der Waals surface area contributed by atoms with Crippen LogP contribution in [-0.4, -0.2) is 19.3 Å². The Morgan fingerprint density at radius 3 is 3.05 bits per heavy atom. The number of aryl methyl sites for hydroxylation is 1. The Balaban J connectivity index is 1.81. The lowest BCUT2D eigenvalue weighted by Gasteiger charge is -2.22. The molecule has 1 unspecified atom stereocenters. The standard InChI is InChI=1S/C15H22N2O2/c1-12-4-2-6-14(10-12)19-9-7-15(17-16)13-5-3-8-18-11-13/h2,4,6,10-11,15,17H,3,5,7-9,16H2,1H3. The molecule has 2 rings (SSSR count). The van der Waals surface area contributed by atoms with Crippen molar-refractivity contribution < 1.29 is 9.47 Å². The summed E-state index contributed by atoms with van der Waals surface area (Å²) >= 11 is 0. The van der Waals surface area contributed by atoms with Crippen molar-refractivity contribution in [3.05, 3.63) is 41.7 Å². The summed E-state index contributed by atoms with van der Waals surface area (Å²) in [6.45, 7) is 3.50. The van der Waals surface area contributed by atoms with Crippen molar-refractivity contribution in [2.45, 2.75) is 32.2 Å². The van der Waals surface area contributed by atoms with Crippen LogP contribution in [0.2, 0.25) is 0 Å². The van der Waals surface area contributed by atoms with Gasteiger partial charge in [-0.15, -0.1) is 0 Å². The number of rotatable bonds is 6. The first-order chi connectivity index (χ1) is 9.29. The van der Waals surface area contributed by atoms with Crippen LogP contribution >= 0.6 is 0 Å². The van der Waals surface area contributed by atoms with Gasteiger partial charge in [-0.3, -0.25) is 11.3 Å². The van der Waals surface area contributed by atoms with Crippen LogP contribution in [-0.2, 0) is 4.74 Å². The molecule has 1 aromatic carbocycles. The number of hydrazine groups is 1. The zero-order valence-electron chi connectivity index (χ0n) is 11.4. The molecule has 3 N–H and O–H groups in total. The third-order valence-corrected chi connectivity index (χ3v) is 3.28. The molecule has 4 heteroatoms. The molecule has 0 fully saturated rings. The van der Waals surface area contributed by atoms with E-state index in [4.69, 9.17) is 15.3 Å². The molecule has 0 radical (unpaired) electrons. The molecule has 0 aromatic heterocycles. The summed E-state index contributed by atoms with van der Waals surface area (Å²) in [7, 11) is 0. The number of nitrogens with two attached hydrogens (primary N) is 1. The Bertz CT molecular complexity index is 432. The molecule has 0 spiro atoms. The number of benzene rings is 1. The summed E-state index contributed by atoms with van der Waals surface area (Å²) < 4.78 is 11.1. The van der Waals surface area contributed by atoms with E-state index in [0.717, 1.165) is 31.6 Å². The topological polar surface area (TPSA) is 56.5 Å². The predicted molar refractivity (Wildman–Crippen MR) is 75.7 cm³/mol. The van der Waals surface area contributed by atoms with Crippen LogP contribution in [0.5, 0.6) is 5.75 Å². The number of nitrogens with one attached hydrogen (secondary N) is 1. The van der Waals surface area contributed by atoms with Gasteiger partial charge in [0.05, 0.1) is 19.5 Å². The molecule has 19 heavy (non-hydrogen) atoms. The molecule has 0 bridgehead atoms. The van der Waals surface area contributed by atoms with Crippen molar-refractivity contribution in [1.82, 2.24) is 5.43 Å². The maximum Gasteiger partial charge on any atom is 0.119 e. The van der Waals surface area contributed by atoms with Crippen LogP contribution in [0.4, 0.5) is 0 Å². The van der Waals surface area contributed by atoms with E-state index in [1.165, 1.54) is 11.1 Å². The zero-order chi connectivity index (χ0) is 13.5. The average molecular weight is 262 g/mol. The second-order valence-electron chi connectivity index (χ2n) is 4.84. The van der Waals surface area contributed by atoms with Gasteiger partial charge < -0.3 is 9.47 Å². The van der Waals surface area contributed by atoms with Gasteiger partial charge in [-0.05, 0) is 43.0 Å². The summed E-state index contributed by atoms with van der Waals surface area (Å²) in [5.41, 5.74) is 5.27. The summed E-state index contributed by atoms with van der Waals surface area (Å²) in [6.07, 6.45) is 4.77. The molecule has 1 aliphatic heterocycles. The van der Waals surface area contributed by atoms with E-state index in [2.05, 4.69) is 18.4 Å². The largest absolute Gasteiger partial charge is 0.501 e. The highest BCUT2D eigenvalue weighted by Gasteiger charge is 2.15. The van der Waals surface area contributed by atoms with Crippen molar-refractivity contribution in [1.29, 1.82) is 0 Å². The monoisotopic (exact) mass is 262 g/mol. The molecule has 0 aliphatic carbocycles. The molecule has 1 atom stereocenters. The Morgan fingerprint density at radius 1 is 1.47 bits per heavy atom. The van der Waals surface area contributed by atoms with E-state index in [9.17, 15) is 0 Å². The van der Waals surface area contributed by atoms with E-state index >= 15 is 0 Å². The van der Waals surface area contributed by atoms with Crippen molar-refractivity contribution in [2.24, 2.45) is 5.84 Å². The maximum atomic E-state index is 5.75. The summed E-state index contributed by atoms with van der Waals surface area (Å²) in [5.74, 6) is 6.51. The average Bonchev–Trinajstić information content (AvgIpc) is 2.45. The van der Waals surface area contributed by atoms with Crippen molar-refractivity contribution in [3.8, 4) is 5.75 Å². The van der Waals surface area contributed by atoms with E-state index < -0.39 is 0 Å². The normalized spacial score (nSPS) is 16.4. The van der Waals surface area contributed by atoms with Crippen molar-refractivity contribution >= 4 is 0 Å². The Labute approximate surface area is 114 Å². The Morgan fingerprint density at radius 2 is 2.37 bits per heavy atom. The van der Waals surface area contributed by atoms with E-state index in [0.29, 0.717) is 6.61 Å². The molecular formula is C15H22N2O2. The zero-order valence-corrected chi connectivity index (χ0v) is 11.4. The number of ether oxygens (including phenoxy) is 2. The minimum Gasteiger partial charge on any atom is -0.501 e. The van der Waals surface area contributed by atoms with Crippen LogP contribution < -0.4 is 16.0 Å². The van der Waals surface area contributed by atoms with Gasteiger partial charge in [-0.2, -0.15) is 0 Å². The van der Waals surface area contributed by atoms with Gasteiger partial charge in [0.25, 0.3) is 0 Å². The lowest BCUT2D eigenvalue weighted by Crippen LogP contribution is -2.38.